The molecule has 0 fully saturated rings. The number of sulfonamides is 1. The third kappa shape index (κ3) is 2.09. The smallest absolute Gasteiger partial charge is 0.238 e. The van der Waals surface area contributed by atoms with Crippen molar-refractivity contribution in [1.82, 2.24) is 9.78 Å². The molecule has 4 N–H and O–H groups in total. The molecule has 18 heavy (non-hydrogen) atoms. The number of hydrogen-bond donors (Lipinski definition) is 2. The first-order valence-electron chi connectivity index (χ1n) is 5.23. The van der Waals surface area contributed by atoms with Crippen molar-refractivity contribution in [3.05, 3.63) is 30.0 Å². The van der Waals surface area contributed by atoms with Gasteiger partial charge in [0.2, 0.25) is 10.0 Å². The van der Waals surface area contributed by atoms with Gasteiger partial charge in [0.1, 0.15) is 0 Å². The lowest BCUT2D eigenvalue weighted by Gasteiger charge is -2.10. The van der Waals surface area contributed by atoms with Crippen LogP contribution in [-0.2, 0) is 17.1 Å². The van der Waals surface area contributed by atoms with Crippen molar-refractivity contribution < 1.29 is 8.42 Å². The zero-order valence-corrected chi connectivity index (χ0v) is 10.9. The molecule has 0 saturated carbocycles. The van der Waals surface area contributed by atoms with Crippen LogP contribution in [0.3, 0.4) is 0 Å². The van der Waals surface area contributed by atoms with Crippen LogP contribution in [0.5, 0.6) is 0 Å². The number of aromatic nitrogens is 2. The highest BCUT2D eigenvalue weighted by molar-refractivity contribution is 7.89. The molecule has 1 aromatic heterocycles. The van der Waals surface area contributed by atoms with Crippen LogP contribution in [-0.4, -0.2) is 18.2 Å². The molecule has 1 heterocycles. The molecule has 2 aromatic rings. The van der Waals surface area contributed by atoms with Crippen LogP contribution in [0.25, 0.3) is 11.3 Å². The van der Waals surface area contributed by atoms with Crippen LogP contribution in [0, 0.1) is 6.92 Å². The monoisotopic (exact) mass is 266 g/mol. The number of nitrogens with two attached hydrogens (primary N) is 2. The predicted octanol–water partition coefficient (Wildman–Crippen LogP) is 0.625. The maximum Gasteiger partial charge on any atom is 0.238 e. The van der Waals surface area contributed by atoms with E-state index in [1.807, 2.05) is 6.92 Å². The maximum absolute atomic E-state index is 11.6. The van der Waals surface area contributed by atoms with Gasteiger partial charge in [-0.3, -0.25) is 4.68 Å². The van der Waals surface area contributed by atoms with Gasteiger partial charge in [-0.25, -0.2) is 13.6 Å². The summed E-state index contributed by atoms with van der Waals surface area (Å²) in [6.45, 7) is 1.82. The van der Waals surface area contributed by atoms with Gasteiger partial charge in [0.25, 0.3) is 0 Å². The van der Waals surface area contributed by atoms with E-state index in [9.17, 15) is 8.42 Å². The molecule has 96 valence electrons. The molecule has 7 heteroatoms. The third-order valence-corrected chi connectivity index (χ3v) is 3.58. The van der Waals surface area contributed by atoms with Crippen LogP contribution >= 0.6 is 0 Å². The maximum atomic E-state index is 11.6. The Morgan fingerprint density at radius 2 is 2.00 bits per heavy atom. The Hall–Kier alpha value is -1.86. The summed E-state index contributed by atoms with van der Waals surface area (Å²) in [5.74, 6) is 0. The summed E-state index contributed by atoms with van der Waals surface area (Å²) in [4.78, 5) is 0.00509. The summed E-state index contributed by atoms with van der Waals surface area (Å²) >= 11 is 0. The molecular formula is C11H14N4O2S. The Morgan fingerprint density at radius 3 is 2.50 bits per heavy atom. The molecule has 2 rings (SSSR count). The molecule has 0 spiro atoms. The first kappa shape index (κ1) is 12.6. The largest absolute Gasteiger partial charge is 0.398 e. The SMILES string of the molecule is Cc1cc(-c2c(N)cccc2S(N)(=O)=O)n(C)n1. The number of anilines is 1. The summed E-state index contributed by atoms with van der Waals surface area (Å²) in [5.41, 5.74) is 8.00. The summed E-state index contributed by atoms with van der Waals surface area (Å²) in [7, 11) is -2.11. The van der Waals surface area contributed by atoms with Crippen molar-refractivity contribution in [3.63, 3.8) is 0 Å². The number of rotatable bonds is 2. The van der Waals surface area contributed by atoms with Crippen LogP contribution in [0.4, 0.5) is 5.69 Å². The van der Waals surface area contributed by atoms with E-state index in [2.05, 4.69) is 5.10 Å². The first-order chi connectivity index (χ1) is 8.30. The van der Waals surface area contributed by atoms with Crippen LogP contribution in [0.15, 0.2) is 29.2 Å². The summed E-state index contributed by atoms with van der Waals surface area (Å²) < 4.78 is 24.8. The number of primary sulfonamides is 1. The second-order valence-electron chi connectivity index (χ2n) is 4.06. The topological polar surface area (TPSA) is 104 Å². The molecule has 0 saturated heterocycles. The van der Waals surface area contributed by atoms with Gasteiger partial charge in [-0.1, -0.05) is 6.07 Å². The highest BCUT2D eigenvalue weighted by Gasteiger charge is 2.20. The minimum Gasteiger partial charge on any atom is -0.398 e. The zero-order valence-electron chi connectivity index (χ0n) is 10.1. The second kappa shape index (κ2) is 4.11. The van der Waals surface area contributed by atoms with E-state index < -0.39 is 10.0 Å². The van der Waals surface area contributed by atoms with Crippen molar-refractivity contribution in [2.45, 2.75) is 11.8 Å². The lowest BCUT2D eigenvalue weighted by atomic mass is 10.1. The van der Waals surface area contributed by atoms with E-state index in [1.165, 1.54) is 6.07 Å². The Morgan fingerprint density at radius 1 is 1.33 bits per heavy atom. The molecule has 0 radical (unpaired) electrons. The summed E-state index contributed by atoms with van der Waals surface area (Å²) in [5, 5.41) is 9.38. The lowest BCUT2D eigenvalue weighted by Crippen LogP contribution is -2.15. The normalized spacial score (nSPS) is 11.7. The van der Waals surface area contributed by atoms with Gasteiger partial charge in [0, 0.05) is 18.3 Å². The van der Waals surface area contributed by atoms with Crippen molar-refractivity contribution in [2.24, 2.45) is 12.2 Å². The van der Waals surface area contributed by atoms with Gasteiger partial charge in [-0.15, -0.1) is 0 Å². The molecule has 1 aromatic carbocycles. The van der Waals surface area contributed by atoms with Crippen molar-refractivity contribution in [1.29, 1.82) is 0 Å². The van der Waals surface area contributed by atoms with Crippen molar-refractivity contribution in [2.75, 3.05) is 5.73 Å². The van der Waals surface area contributed by atoms with E-state index >= 15 is 0 Å². The summed E-state index contributed by atoms with van der Waals surface area (Å²) in [6.07, 6.45) is 0. The van der Waals surface area contributed by atoms with Crippen LogP contribution in [0.1, 0.15) is 5.69 Å². The fourth-order valence-corrected chi connectivity index (χ4v) is 2.68. The Kier molecular flexibility index (Phi) is 2.88. The van der Waals surface area contributed by atoms with Gasteiger partial charge in [0.05, 0.1) is 16.3 Å². The van der Waals surface area contributed by atoms with Gasteiger partial charge in [-0.2, -0.15) is 5.10 Å². The minimum atomic E-state index is -3.83. The molecule has 0 unspecified atom stereocenters. The summed E-state index contributed by atoms with van der Waals surface area (Å²) in [6, 6.07) is 6.39. The van der Waals surface area contributed by atoms with E-state index in [0.717, 1.165) is 5.69 Å². The van der Waals surface area contributed by atoms with Crippen molar-refractivity contribution >= 4 is 15.7 Å². The van der Waals surface area contributed by atoms with Crippen LogP contribution in [0.2, 0.25) is 0 Å². The number of benzene rings is 1. The van der Waals surface area contributed by atoms with Gasteiger partial charge in [-0.05, 0) is 25.1 Å². The van der Waals surface area contributed by atoms with Gasteiger partial charge in [0.15, 0.2) is 0 Å². The highest BCUT2D eigenvalue weighted by Crippen LogP contribution is 2.32. The first-order valence-corrected chi connectivity index (χ1v) is 6.77. The third-order valence-electron chi connectivity index (χ3n) is 2.62. The second-order valence-corrected chi connectivity index (χ2v) is 5.59. The number of aryl methyl sites for hydroxylation is 2. The highest BCUT2D eigenvalue weighted by atomic mass is 32.2. The van der Waals surface area contributed by atoms with E-state index in [0.29, 0.717) is 16.9 Å². The van der Waals surface area contributed by atoms with Crippen molar-refractivity contribution in [3.8, 4) is 11.3 Å². The number of nitrogen functional groups attached to an aromatic ring is 1. The number of hydrogen-bond acceptors (Lipinski definition) is 4. The quantitative estimate of drug-likeness (QED) is 0.778. The van der Waals surface area contributed by atoms with Gasteiger partial charge < -0.3 is 5.73 Å². The van der Waals surface area contributed by atoms with Crippen LogP contribution < -0.4 is 10.9 Å². The molecule has 0 aliphatic heterocycles. The molecular weight excluding hydrogens is 252 g/mol. The zero-order chi connectivity index (χ0) is 13.5. The molecule has 6 nitrogen and oxygen atoms in total. The molecule has 0 amide bonds. The standard InChI is InChI=1S/C11H14N4O2S/c1-7-6-9(15(2)14-7)11-8(12)4-3-5-10(11)18(13,16)17/h3-6H,12H2,1-2H3,(H2,13,16,17). The average molecular weight is 266 g/mol. The predicted molar refractivity (Wildman–Crippen MR) is 69.2 cm³/mol. The number of nitrogens with zero attached hydrogens (tertiary/aromatic N) is 2. The lowest BCUT2D eigenvalue weighted by molar-refractivity contribution is 0.598. The van der Waals surface area contributed by atoms with E-state index in [1.54, 1.807) is 29.9 Å². The molecule has 0 aliphatic rings. The van der Waals surface area contributed by atoms with E-state index in [-0.39, 0.29) is 4.90 Å². The van der Waals surface area contributed by atoms with Gasteiger partial charge >= 0.3 is 0 Å². The average Bonchev–Trinajstić information content (AvgIpc) is 2.56. The fourth-order valence-electron chi connectivity index (χ4n) is 1.90. The minimum absolute atomic E-state index is 0.00509. The Bertz CT molecular complexity index is 704. The fraction of sp³-hybridized carbons (Fsp3) is 0.182. The Balaban J connectivity index is 2.83. The molecule has 0 bridgehead atoms. The Labute approximate surface area is 105 Å². The van der Waals surface area contributed by atoms with E-state index in [4.69, 9.17) is 10.9 Å². The molecule has 0 aliphatic carbocycles. The molecule has 0 atom stereocenters.